The number of nitro benzene ring substituents is 1. The maximum atomic E-state index is 13.0. The number of ether oxygens (including phenoxy) is 1. The van der Waals surface area contributed by atoms with E-state index >= 15 is 0 Å². The lowest BCUT2D eigenvalue weighted by Crippen LogP contribution is -2.38. The van der Waals surface area contributed by atoms with Crippen molar-refractivity contribution in [1.82, 2.24) is 14.8 Å². The fourth-order valence-electron chi connectivity index (χ4n) is 4.43. The second-order valence-electron chi connectivity index (χ2n) is 8.71. The van der Waals surface area contributed by atoms with E-state index in [0.717, 1.165) is 16.2 Å². The molecule has 1 saturated heterocycles. The van der Waals surface area contributed by atoms with Gasteiger partial charge in [0.2, 0.25) is 5.91 Å². The third-order valence-corrected chi connectivity index (χ3v) is 6.32. The summed E-state index contributed by atoms with van der Waals surface area (Å²) in [7, 11) is 1.47. The minimum absolute atomic E-state index is 0.0167. The van der Waals surface area contributed by atoms with Crippen molar-refractivity contribution >= 4 is 35.3 Å². The smallest absolute Gasteiger partial charge is 0.329 e. The molecule has 2 N–H and O–H groups in total. The number of methoxy groups -OCH3 is 1. The van der Waals surface area contributed by atoms with Gasteiger partial charge in [0.25, 0.3) is 11.6 Å². The van der Waals surface area contributed by atoms with Crippen molar-refractivity contribution in [2.24, 2.45) is 0 Å². The van der Waals surface area contributed by atoms with Gasteiger partial charge in [-0.1, -0.05) is 25.1 Å². The van der Waals surface area contributed by atoms with Gasteiger partial charge >= 0.3 is 6.03 Å². The number of anilines is 1. The number of benzene rings is 2. The molecule has 2 heterocycles. The summed E-state index contributed by atoms with van der Waals surface area (Å²) in [6, 6.07) is 12.7. The van der Waals surface area contributed by atoms with Gasteiger partial charge in [0.05, 0.1) is 17.7 Å². The largest absolute Gasteiger partial charge is 0.495 e. The van der Waals surface area contributed by atoms with Crippen molar-refractivity contribution < 1.29 is 24.0 Å². The average Bonchev–Trinajstić information content (AvgIpc) is 3.32. The van der Waals surface area contributed by atoms with Crippen LogP contribution in [-0.2, 0) is 16.0 Å². The maximum absolute atomic E-state index is 13.0. The predicted octanol–water partition coefficient (Wildman–Crippen LogP) is 4.10. The van der Waals surface area contributed by atoms with Crippen LogP contribution in [0.4, 0.5) is 16.2 Å². The minimum Gasteiger partial charge on any atom is -0.495 e. The van der Waals surface area contributed by atoms with E-state index < -0.39 is 29.3 Å². The number of imide groups is 1. The number of amides is 4. The van der Waals surface area contributed by atoms with Crippen LogP contribution < -0.4 is 15.4 Å². The Labute approximate surface area is 218 Å². The number of aryl methyl sites for hydroxylation is 2. The van der Waals surface area contributed by atoms with E-state index in [2.05, 4.69) is 10.6 Å². The van der Waals surface area contributed by atoms with Gasteiger partial charge in [-0.15, -0.1) is 0 Å². The molecule has 38 heavy (non-hydrogen) atoms. The Morgan fingerprint density at radius 1 is 1.16 bits per heavy atom. The lowest BCUT2D eigenvalue weighted by Gasteiger charge is -2.14. The van der Waals surface area contributed by atoms with Gasteiger partial charge in [0.1, 0.15) is 18.0 Å². The number of carbonyl (C=O) groups is 3. The molecule has 1 aliphatic rings. The van der Waals surface area contributed by atoms with E-state index in [-0.39, 0.29) is 11.4 Å². The lowest BCUT2D eigenvalue weighted by atomic mass is 10.1. The number of non-ortho nitro benzene ring substituents is 1. The zero-order valence-corrected chi connectivity index (χ0v) is 21.4. The second kappa shape index (κ2) is 10.6. The number of hydrogen-bond donors (Lipinski definition) is 2. The summed E-state index contributed by atoms with van der Waals surface area (Å²) in [4.78, 5) is 49.9. The summed E-state index contributed by atoms with van der Waals surface area (Å²) < 4.78 is 7.19. The van der Waals surface area contributed by atoms with E-state index in [1.54, 1.807) is 29.7 Å². The molecule has 0 radical (unpaired) electrons. The van der Waals surface area contributed by atoms with Crippen LogP contribution in [0.5, 0.6) is 5.75 Å². The second-order valence-corrected chi connectivity index (χ2v) is 8.71. The average molecular weight is 518 g/mol. The van der Waals surface area contributed by atoms with E-state index in [4.69, 9.17) is 4.74 Å². The molecule has 2 aromatic carbocycles. The van der Waals surface area contributed by atoms with E-state index in [9.17, 15) is 24.5 Å². The molecule has 0 unspecified atom stereocenters. The molecule has 1 aliphatic heterocycles. The zero-order valence-electron chi connectivity index (χ0n) is 21.4. The summed E-state index contributed by atoms with van der Waals surface area (Å²) in [6.07, 6.45) is 2.24. The molecule has 1 aromatic heterocycles. The molecule has 4 amide bonds. The molecular weight excluding hydrogens is 490 g/mol. The minimum atomic E-state index is -0.700. The molecule has 0 saturated carbocycles. The van der Waals surface area contributed by atoms with Crippen LogP contribution >= 0.6 is 0 Å². The number of aromatic nitrogens is 1. The fourth-order valence-corrected chi connectivity index (χ4v) is 4.43. The number of urea groups is 1. The number of nitrogens with zero attached hydrogens (tertiary/aromatic N) is 3. The number of para-hydroxylation sites is 1. The van der Waals surface area contributed by atoms with Crippen molar-refractivity contribution in [3.8, 4) is 11.4 Å². The van der Waals surface area contributed by atoms with E-state index in [0.29, 0.717) is 34.8 Å². The molecule has 0 bridgehead atoms. The van der Waals surface area contributed by atoms with Crippen LogP contribution in [0.1, 0.15) is 29.4 Å². The van der Waals surface area contributed by atoms with Crippen molar-refractivity contribution in [3.05, 3.63) is 86.9 Å². The molecule has 1 fully saturated rings. The highest BCUT2D eigenvalue weighted by atomic mass is 16.6. The first-order chi connectivity index (χ1) is 18.1. The zero-order chi connectivity index (χ0) is 27.6. The molecule has 4 rings (SSSR count). The number of rotatable bonds is 8. The van der Waals surface area contributed by atoms with Gasteiger partial charge in [-0.2, -0.15) is 0 Å². The van der Waals surface area contributed by atoms with Crippen molar-refractivity contribution in [2.75, 3.05) is 19.0 Å². The summed E-state index contributed by atoms with van der Waals surface area (Å²) in [5, 5.41) is 16.6. The van der Waals surface area contributed by atoms with Gasteiger partial charge in [-0.05, 0) is 55.7 Å². The van der Waals surface area contributed by atoms with Crippen LogP contribution in [0, 0.1) is 24.0 Å². The van der Waals surface area contributed by atoms with Crippen LogP contribution in [-0.4, -0.2) is 45.9 Å². The van der Waals surface area contributed by atoms with E-state index in [1.165, 1.54) is 31.4 Å². The highest BCUT2D eigenvalue weighted by molar-refractivity contribution is 6.16. The van der Waals surface area contributed by atoms with E-state index in [1.807, 2.05) is 26.0 Å². The Hall–Kier alpha value is -4.93. The van der Waals surface area contributed by atoms with Crippen LogP contribution in [0.15, 0.2) is 54.2 Å². The Morgan fingerprint density at radius 2 is 1.89 bits per heavy atom. The number of nitro groups is 1. The van der Waals surface area contributed by atoms with Crippen LogP contribution in [0.25, 0.3) is 11.8 Å². The normalized spacial score (nSPS) is 14.1. The molecule has 0 spiro atoms. The third kappa shape index (κ3) is 4.99. The summed E-state index contributed by atoms with van der Waals surface area (Å²) >= 11 is 0. The summed E-state index contributed by atoms with van der Waals surface area (Å²) in [5.41, 5.74) is 3.97. The monoisotopic (exact) mass is 517 g/mol. The Morgan fingerprint density at radius 3 is 2.58 bits per heavy atom. The quantitative estimate of drug-likeness (QED) is 0.200. The van der Waals surface area contributed by atoms with Crippen LogP contribution in [0.3, 0.4) is 0 Å². The molecule has 0 aliphatic carbocycles. The topological polar surface area (TPSA) is 136 Å². The third-order valence-electron chi connectivity index (χ3n) is 6.32. The summed E-state index contributed by atoms with van der Waals surface area (Å²) in [6.45, 7) is 5.12. The molecule has 11 heteroatoms. The first kappa shape index (κ1) is 26.1. The van der Waals surface area contributed by atoms with Crippen molar-refractivity contribution in [2.45, 2.75) is 27.2 Å². The fraction of sp³-hybridized carbons (Fsp3) is 0.222. The maximum Gasteiger partial charge on any atom is 0.329 e. The van der Waals surface area contributed by atoms with Crippen molar-refractivity contribution in [1.29, 1.82) is 0 Å². The first-order valence-electron chi connectivity index (χ1n) is 11.9. The Balaban J connectivity index is 1.59. The Bertz CT molecular complexity index is 1490. The predicted molar refractivity (Wildman–Crippen MR) is 141 cm³/mol. The highest BCUT2D eigenvalue weighted by Gasteiger charge is 2.35. The van der Waals surface area contributed by atoms with Gasteiger partial charge in [-0.25, -0.2) is 9.69 Å². The Kier molecular flexibility index (Phi) is 7.28. The lowest BCUT2D eigenvalue weighted by molar-refractivity contribution is -0.384. The van der Waals surface area contributed by atoms with Crippen LogP contribution in [0.2, 0.25) is 0 Å². The number of hydrogen-bond acceptors (Lipinski definition) is 6. The van der Waals surface area contributed by atoms with Gasteiger partial charge in [-0.3, -0.25) is 19.7 Å². The summed E-state index contributed by atoms with van der Waals surface area (Å²) in [5.74, 6) is -0.693. The molecule has 196 valence electrons. The van der Waals surface area contributed by atoms with Crippen molar-refractivity contribution in [3.63, 3.8) is 0 Å². The highest BCUT2D eigenvalue weighted by Crippen LogP contribution is 2.32. The molecule has 0 atom stereocenters. The molecular formula is C27H27N5O6. The molecule has 11 nitrogen and oxygen atoms in total. The standard InChI is InChI=1S/C27H27N5O6/c1-5-18-8-6-7-9-21(18)28-25(33)15-30-26(34)22(29-27(30)35)13-19-12-16(2)31(17(19)3)23-14-20(32(36)37)10-11-24(23)38-4/h6-14H,5,15H2,1-4H3,(H,28,33)(H,29,35)/b22-13+. The van der Waals surface area contributed by atoms with Gasteiger partial charge < -0.3 is 19.9 Å². The van der Waals surface area contributed by atoms with Gasteiger partial charge in [0, 0.05) is 29.2 Å². The van der Waals surface area contributed by atoms with Gasteiger partial charge in [0.15, 0.2) is 0 Å². The SMILES string of the molecule is CCc1ccccc1NC(=O)CN1C(=O)N/C(=C/c2cc(C)n(-c3cc([N+](=O)[O-])ccc3OC)c2C)C1=O. The number of carbonyl (C=O) groups excluding carboxylic acids is 3. The molecule has 3 aromatic rings. The first-order valence-corrected chi connectivity index (χ1v) is 11.9. The number of nitrogens with one attached hydrogen (secondary N) is 2.